The molecule has 140 valence electrons. The summed E-state index contributed by atoms with van der Waals surface area (Å²) in [5.74, 6) is -0.343. The summed E-state index contributed by atoms with van der Waals surface area (Å²) >= 11 is 0. The minimum Gasteiger partial charge on any atom is -0.277 e. The van der Waals surface area contributed by atoms with E-state index < -0.39 is 10.0 Å². The maximum absolute atomic E-state index is 13.1. The number of nitrogens with zero attached hydrogens (tertiary/aromatic N) is 2. The van der Waals surface area contributed by atoms with E-state index in [2.05, 4.69) is 20.1 Å². The van der Waals surface area contributed by atoms with Crippen molar-refractivity contribution in [2.45, 2.75) is 25.7 Å². The number of hydrogen-bond donors (Lipinski definition) is 2. The summed E-state index contributed by atoms with van der Waals surface area (Å²) in [5.41, 5.74) is 4.21. The first-order valence-electron chi connectivity index (χ1n) is 8.20. The molecule has 0 saturated carbocycles. The molecule has 27 heavy (non-hydrogen) atoms. The van der Waals surface area contributed by atoms with Crippen LogP contribution in [-0.2, 0) is 10.0 Å². The fraction of sp³-hybridized carbons (Fsp3) is 0.158. The van der Waals surface area contributed by atoms with Gasteiger partial charge in [0, 0.05) is 11.1 Å². The van der Waals surface area contributed by atoms with E-state index in [1.165, 1.54) is 24.5 Å². The van der Waals surface area contributed by atoms with Gasteiger partial charge >= 0.3 is 0 Å². The van der Waals surface area contributed by atoms with Crippen LogP contribution in [0.15, 0.2) is 52.6 Å². The summed E-state index contributed by atoms with van der Waals surface area (Å²) in [6.07, 6.45) is 2.87. The van der Waals surface area contributed by atoms with Gasteiger partial charge in [-0.15, -0.1) is 0 Å². The third-order valence-electron chi connectivity index (χ3n) is 4.05. The lowest BCUT2D eigenvalue weighted by atomic mass is 10.1. The number of rotatable bonds is 5. The lowest BCUT2D eigenvalue weighted by Crippen LogP contribution is -2.20. The van der Waals surface area contributed by atoms with Gasteiger partial charge in [-0.2, -0.15) is 18.6 Å². The topological polar surface area (TPSA) is 87.2 Å². The van der Waals surface area contributed by atoms with Gasteiger partial charge in [-0.25, -0.2) is 9.22 Å². The monoisotopic (exact) mass is 386 g/mol. The predicted molar refractivity (Wildman–Crippen MR) is 103 cm³/mol. The van der Waals surface area contributed by atoms with Gasteiger partial charge in [0.25, 0.3) is 10.0 Å². The Hall–Kier alpha value is -3.00. The van der Waals surface area contributed by atoms with E-state index in [0.717, 1.165) is 5.56 Å². The Morgan fingerprint density at radius 2 is 1.74 bits per heavy atom. The van der Waals surface area contributed by atoms with Crippen molar-refractivity contribution in [2.75, 3.05) is 0 Å². The molecule has 8 heteroatoms. The first kappa shape index (κ1) is 18.8. The molecule has 0 saturated heterocycles. The Labute approximate surface area is 157 Å². The summed E-state index contributed by atoms with van der Waals surface area (Å²) in [7, 11) is -3.80. The summed E-state index contributed by atoms with van der Waals surface area (Å²) in [6, 6.07) is 9.50. The molecule has 3 aromatic rings. The number of hydrogen-bond acceptors (Lipinski definition) is 4. The second-order valence-corrected chi connectivity index (χ2v) is 7.89. The second kappa shape index (κ2) is 7.32. The van der Waals surface area contributed by atoms with Gasteiger partial charge < -0.3 is 0 Å². The SMILES string of the molecule is Cc1cc(C)c(S(=O)(=O)N/N=C\c2cn[nH]c2-c2ccc(F)cc2)c(C)c1. The van der Waals surface area contributed by atoms with Gasteiger partial charge in [0.1, 0.15) is 5.82 Å². The van der Waals surface area contributed by atoms with Crippen molar-refractivity contribution < 1.29 is 12.8 Å². The number of hydrazone groups is 1. The molecule has 2 aromatic carbocycles. The number of halogens is 1. The van der Waals surface area contributed by atoms with Crippen molar-refractivity contribution in [2.24, 2.45) is 5.10 Å². The molecule has 0 amide bonds. The van der Waals surface area contributed by atoms with E-state index in [1.54, 1.807) is 26.0 Å². The number of benzene rings is 2. The zero-order valence-corrected chi connectivity index (χ0v) is 15.9. The molecule has 0 aliphatic rings. The van der Waals surface area contributed by atoms with E-state index in [9.17, 15) is 12.8 Å². The lowest BCUT2D eigenvalue weighted by molar-refractivity contribution is 0.583. The zero-order chi connectivity index (χ0) is 19.6. The average Bonchev–Trinajstić information content (AvgIpc) is 3.02. The van der Waals surface area contributed by atoms with Crippen LogP contribution in [0.4, 0.5) is 4.39 Å². The molecular formula is C19H19FN4O2S. The van der Waals surface area contributed by atoms with Crippen molar-refractivity contribution >= 4 is 16.2 Å². The minimum atomic E-state index is -3.80. The molecule has 0 fully saturated rings. The standard InChI is InChI=1S/C19H19FN4O2S/c1-12-8-13(2)19(14(3)9-12)27(25,26)24-22-11-16-10-21-23-18(16)15-4-6-17(20)7-5-15/h4-11,24H,1-3H3,(H,21,23)/b22-11-. The van der Waals surface area contributed by atoms with Gasteiger partial charge in [-0.1, -0.05) is 17.7 Å². The maximum Gasteiger partial charge on any atom is 0.277 e. The molecule has 2 N–H and O–H groups in total. The molecule has 0 aliphatic heterocycles. The highest BCUT2D eigenvalue weighted by Gasteiger charge is 2.19. The fourth-order valence-corrected chi connectivity index (χ4v) is 4.29. The predicted octanol–water partition coefficient (Wildman–Crippen LogP) is 3.45. The van der Waals surface area contributed by atoms with E-state index in [-0.39, 0.29) is 10.7 Å². The highest BCUT2D eigenvalue weighted by molar-refractivity contribution is 7.89. The summed E-state index contributed by atoms with van der Waals surface area (Å²) in [6.45, 7) is 5.42. The fourth-order valence-electron chi connectivity index (χ4n) is 3.04. The highest BCUT2D eigenvalue weighted by Crippen LogP contribution is 2.22. The van der Waals surface area contributed by atoms with Crippen LogP contribution >= 0.6 is 0 Å². The van der Waals surface area contributed by atoms with Crippen LogP contribution in [0.1, 0.15) is 22.3 Å². The maximum atomic E-state index is 13.1. The van der Waals surface area contributed by atoms with E-state index in [1.807, 2.05) is 19.1 Å². The van der Waals surface area contributed by atoms with Crippen LogP contribution < -0.4 is 4.83 Å². The van der Waals surface area contributed by atoms with Gasteiger partial charge in [-0.05, 0) is 56.2 Å². The van der Waals surface area contributed by atoms with E-state index in [4.69, 9.17) is 0 Å². The molecule has 0 unspecified atom stereocenters. The lowest BCUT2D eigenvalue weighted by Gasteiger charge is -2.11. The largest absolute Gasteiger partial charge is 0.277 e. The molecule has 0 atom stereocenters. The summed E-state index contributed by atoms with van der Waals surface area (Å²) < 4.78 is 38.3. The molecule has 0 aliphatic carbocycles. The van der Waals surface area contributed by atoms with Gasteiger partial charge in [-0.3, -0.25) is 5.10 Å². The van der Waals surface area contributed by atoms with Crippen molar-refractivity contribution in [3.05, 3.63) is 70.7 Å². The minimum absolute atomic E-state index is 0.219. The van der Waals surface area contributed by atoms with Gasteiger partial charge in [0.15, 0.2) is 0 Å². The molecule has 1 heterocycles. The number of aromatic amines is 1. The Morgan fingerprint density at radius 3 is 2.37 bits per heavy atom. The number of sulfonamides is 1. The number of H-pyrrole nitrogens is 1. The number of aromatic nitrogens is 2. The number of nitrogens with one attached hydrogen (secondary N) is 2. The Balaban J connectivity index is 1.85. The van der Waals surface area contributed by atoms with Crippen LogP contribution in [0.5, 0.6) is 0 Å². The van der Waals surface area contributed by atoms with Crippen LogP contribution in [0.25, 0.3) is 11.3 Å². The Bertz CT molecular complexity index is 1080. The molecule has 0 spiro atoms. The first-order valence-corrected chi connectivity index (χ1v) is 9.68. The van der Waals surface area contributed by atoms with Crippen LogP contribution in [0.3, 0.4) is 0 Å². The van der Waals surface area contributed by atoms with Crippen LogP contribution in [-0.4, -0.2) is 24.8 Å². The Kier molecular flexibility index (Phi) is 5.09. The molecule has 1 aromatic heterocycles. The van der Waals surface area contributed by atoms with Crippen molar-refractivity contribution in [3.8, 4) is 11.3 Å². The molecule has 3 rings (SSSR count). The third-order valence-corrected chi connectivity index (χ3v) is 5.58. The van der Waals surface area contributed by atoms with Gasteiger partial charge in [0.2, 0.25) is 0 Å². The van der Waals surface area contributed by atoms with Crippen molar-refractivity contribution in [1.82, 2.24) is 15.0 Å². The molecule has 6 nitrogen and oxygen atoms in total. The normalized spacial score (nSPS) is 11.9. The molecule has 0 radical (unpaired) electrons. The number of aryl methyl sites for hydroxylation is 3. The van der Waals surface area contributed by atoms with Crippen molar-refractivity contribution in [3.63, 3.8) is 0 Å². The second-order valence-electron chi connectivity index (χ2n) is 6.29. The third kappa shape index (κ3) is 4.06. The first-order chi connectivity index (χ1) is 12.8. The summed E-state index contributed by atoms with van der Waals surface area (Å²) in [5, 5.41) is 10.6. The summed E-state index contributed by atoms with van der Waals surface area (Å²) in [4.78, 5) is 2.46. The van der Waals surface area contributed by atoms with Crippen molar-refractivity contribution in [1.29, 1.82) is 0 Å². The van der Waals surface area contributed by atoms with Gasteiger partial charge in [0.05, 0.1) is 23.0 Å². The average molecular weight is 386 g/mol. The zero-order valence-electron chi connectivity index (χ0n) is 15.1. The van der Waals surface area contributed by atoms with Crippen LogP contribution in [0, 0.1) is 26.6 Å². The highest BCUT2D eigenvalue weighted by atomic mass is 32.2. The van der Waals surface area contributed by atoms with Crippen LogP contribution in [0.2, 0.25) is 0 Å². The Morgan fingerprint density at radius 1 is 1.11 bits per heavy atom. The smallest absolute Gasteiger partial charge is 0.277 e. The quantitative estimate of drug-likeness (QED) is 0.520. The molecular weight excluding hydrogens is 367 g/mol. The van der Waals surface area contributed by atoms with E-state index >= 15 is 0 Å². The van der Waals surface area contributed by atoms with E-state index in [0.29, 0.717) is 27.9 Å². The molecule has 0 bridgehead atoms.